The van der Waals surface area contributed by atoms with Gasteiger partial charge in [0.05, 0.1) is 6.10 Å². The van der Waals surface area contributed by atoms with Gasteiger partial charge in [-0.15, -0.1) is 0 Å². The monoisotopic (exact) mass is 254 g/mol. The minimum Gasteiger partial charge on any atom is -0.424 e. The molecular weight excluding hydrogens is 232 g/mol. The van der Waals surface area contributed by atoms with E-state index in [4.69, 9.17) is 9.16 Å². The predicted octanol–water partition coefficient (Wildman–Crippen LogP) is 1.67. The highest BCUT2D eigenvalue weighted by Gasteiger charge is 2.05. The van der Waals surface area contributed by atoms with Crippen molar-refractivity contribution < 1.29 is 14.3 Å². The molecule has 0 aromatic heterocycles. The molecular formula is C13H22O3Si. The lowest BCUT2D eigenvalue weighted by Crippen LogP contribution is -2.06. The van der Waals surface area contributed by atoms with Gasteiger partial charge in [0, 0.05) is 26.2 Å². The van der Waals surface area contributed by atoms with Crippen LogP contribution in [0.1, 0.15) is 24.5 Å². The van der Waals surface area contributed by atoms with Crippen LogP contribution in [0.5, 0.6) is 0 Å². The predicted molar refractivity (Wildman–Crippen MR) is 71.8 cm³/mol. The van der Waals surface area contributed by atoms with Crippen LogP contribution in [0.3, 0.4) is 0 Å². The lowest BCUT2D eigenvalue weighted by molar-refractivity contribution is 0.0758. The van der Waals surface area contributed by atoms with Crippen molar-refractivity contribution in [1.29, 1.82) is 0 Å². The number of hydrogen-bond donors (Lipinski definition) is 1. The van der Waals surface area contributed by atoms with Crippen molar-refractivity contribution in [3.05, 3.63) is 35.9 Å². The van der Waals surface area contributed by atoms with Crippen LogP contribution >= 0.6 is 0 Å². The molecule has 1 atom stereocenters. The van der Waals surface area contributed by atoms with Crippen molar-refractivity contribution in [2.45, 2.75) is 25.5 Å². The van der Waals surface area contributed by atoms with Crippen LogP contribution in [-0.4, -0.2) is 34.7 Å². The number of hydrogen-bond acceptors (Lipinski definition) is 3. The quantitative estimate of drug-likeness (QED) is 0.538. The number of ether oxygens (including phenoxy) is 1. The molecule has 4 heteroatoms. The van der Waals surface area contributed by atoms with Crippen LogP contribution in [0.25, 0.3) is 0 Å². The van der Waals surface area contributed by atoms with Crippen molar-refractivity contribution >= 4 is 9.76 Å². The summed E-state index contributed by atoms with van der Waals surface area (Å²) in [6.45, 7) is 4.25. The maximum Gasteiger partial charge on any atom is 0.158 e. The number of aliphatic hydroxyl groups excluding tert-OH is 1. The van der Waals surface area contributed by atoms with E-state index < -0.39 is 6.10 Å². The van der Waals surface area contributed by atoms with E-state index in [9.17, 15) is 5.11 Å². The Morgan fingerprint density at radius 2 is 1.94 bits per heavy atom. The van der Waals surface area contributed by atoms with Crippen LogP contribution in [0.4, 0.5) is 0 Å². The molecule has 0 aliphatic rings. The van der Waals surface area contributed by atoms with Crippen LogP contribution < -0.4 is 0 Å². The van der Waals surface area contributed by atoms with Crippen molar-refractivity contribution in [3.63, 3.8) is 0 Å². The highest BCUT2D eigenvalue weighted by Crippen LogP contribution is 2.15. The fraction of sp³-hybridized carbons (Fsp3) is 0.538. The summed E-state index contributed by atoms with van der Waals surface area (Å²) >= 11 is 0. The first-order valence-electron chi connectivity index (χ1n) is 6.23. The van der Waals surface area contributed by atoms with E-state index in [1.54, 1.807) is 0 Å². The van der Waals surface area contributed by atoms with Crippen molar-refractivity contribution in [2.75, 3.05) is 19.8 Å². The van der Waals surface area contributed by atoms with Crippen LogP contribution in [-0.2, 0) is 9.16 Å². The Bertz CT molecular complexity index is 279. The second-order valence-electron chi connectivity index (χ2n) is 3.88. The standard InChI is InChI=1S/C13H22O3Si/c1-17-16-10-5-9-15-11-8-13(14)12-6-3-2-4-7-12/h2-4,6-7,13-14H,5,8-11,17H2,1H3. The SMILES string of the molecule is C[SiH2]OCCCOCCC(O)c1ccccc1. The molecule has 0 bridgehead atoms. The lowest BCUT2D eigenvalue weighted by Gasteiger charge is -2.11. The fourth-order valence-corrected chi connectivity index (χ4v) is 2.04. The molecule has 1 aromatic carbocycles. The average Bonchev–Trinajstić information content (AvgIpc) is 2.38. The van der Waals surface area contributed by atoms with Gasteiger partial charge in [-0.2, -0.15) is 0 Å². The fourth-order valence-electron chi connectivity index (χ4n) is 1.55. The van der Waals surface area contributed by atoms with Gasteiger partial charge in [0.15, 0.2) is 9.76 Å². The maximum atomic E-state index is 9.86. The first kappa shape index (κ1) is 14.4. The van der Waals surface area contributed by atoms with Crippen LogP contribution in [0, 0.1) is 0 Å². The second kappa shape index (κ2) is 9.36. The minimum absolute atomic E-state index is 0.269. The van der Waals surface area contributed by atoms with Gasteiger partial charge in [0.1, 0.15) is 0 Å². The van der Waals surface area contributed by atoms with E-state index in [2.05, 4.69) is 6.55 Å². The van der Waals surface area contributed by atoms with E-state index >= 15 is 0 Å². The molecule has 0 saturated heterocycles. The van der Waals surface area contributed by atoms with Gasteiger partial charge < -0.3 is 14.3 Å². The first-order chi connectivity index (χ1) is 8.34. The van der Waals surface area contributed by atoms with Gasteiger partial charge in [0.25, 0.3) is 0 Å². The summed E-state index contributed by atoms with van der Waals surface area (Å²) in [5.41, 5.74) is 0.955. The van der Waals surface area contributed by atoms with Gasteiger partial charge in [-0.25, -0.2) is 0 Å². The molecule has 1 rings (SSSR count). The third-order valence-electron chi connectivity index (χ3n) is 2.50. The molecule has 1 aromatic rings. The number of benzene rings is 1. The van der Waals surface area contributed by atoms with E-state index in [-0.39, 0.29) is 9.76 Å². The summed E-state index contributed by atoms with van der Waals surface area (Å²) in [5.74, 6) is 0. The van der Waals surface area contributed by atoms with E-state index in [0.29, 0.717) is 13.0 Å². The van der Waals surface area contributed by atoms with Crippen molar-refractivity contribution in [2.24, 2.45) is 0 Å². The highest BCUT2D eigenvalue weighted by molar-refractivity contribution is 6.24. The van der Waals surface area contributed by atoms with Gasteiger partial charge in [-0.05, 0) is 12.0 Å². The van der Waals surface area contributed by atoms with Crippen molar-refractivity contribution in [3.8, 4) is 0 Å². The molecule has 1 unspecified atom stereocenters. The zero-order valence-corrected chi connectivity index (χ0v) is 11.9. The van der Waals surface area contributed by atoms with Crippen LogP contribution in [0.15, 0.2) is 30.3 Å². The van der Waals surface area contributed by atoms with E-state index in [1.165, 1.54) is 0 Å². The van der Waals surface area contributed by atoms with Crippen molar-refractivity contribution in [1.82, 2.24) is 0 Å². The Labute approximate surface area is 106 Å². The molecule has 0 saturated carbocycles. The van der Waals surface area contributed by atoms with Gasteiger partial charge >= 0.3 is 0 Å². The Hall–Kier alpha value is -0.683. The van der Waals surface area contributed by atoms with Gasteiger partial charge in [-0.3, -0.25) is 0 Å². The van der Waals surface area contributed by atoms with E-state index in [0.717, 1.165) is 25.2 Å². The number of rotatable bonds is 9. The Morgan fingerprint density at radius 3 is 2.65 bits per heavy atom. The third-order valence-corrected chi connectivity index (χ3v) is 3.20. The molecule has 17 heavy (non-hydrogen) atoms. The third kappa shape index (κ3) is 6.58. The summed E-state index contributed by atoms with van der Waals surface area (Å²) in [6.07, 6.45) is 1.17. The maximum absolute atomic E-state index is 9.86. The molecule has 0 aliphatic heterocycles. The summed E-state index contributed by atoms with van der Waals surface area (Å²) in [5, 5.41) is 9.86. The van der Waals surface area contributed by atoms with Gasteiger partial charge in [-0.1, -0.05) is 36.9 Å². The summed E-state index contributed by atoms with van der Waals surface area (Å²) in [7, 11) is -0.269. The molecule has 0 radical (unpaired) electrons. The lowest BCUT2D eigenvalue weighted by atomic mass is 10.1. The minimum atomic E-state index is -0.421. The average molecular weight is 254 g/mol. The Morgan fingerprint density at radius 1 is 1.18 bits per heavy atom. The molecule has 96 valence electrons. The highest BCUT2D eigenvalue weighted by atomic mass is 28.2. The largest absolute Gasteiger partial charge is 0.424 e. The molecule has 3 nitrogen and oxygen atoms in total. The Balaban J connectivity index is 2.03. The normalized spacial score (nSPS) is 13.3. The summed E-state index contributed by atoms with van der Waals surface area (Å²) in [4.78, 5) is 0. The molecule has 0 aliphatic carbocycles. The molecule has 0 heterocycles. The molecule has 1 N–H and O–H groups in total. The molecule has 0 amide bonds. The second-order valence-corrected chi connectivity index (χ2v) is 4.86. The molecule has 0 spiro atoms. The van der Waals surface area contributed by atoms with E-state index in [1.807, 2.05) is 30.3 Å². The smallest absolute Gasteiger partial charge is 0.158 e. The summed E-state index contributed by atoms with van der Waals surface area (Å²) < 4.78 is 10.8. The molecule has 0 fully saturated rings. The topological polar surface area (TPSA) is 38.7 Å². The zero-order chi connectivity index (χ0) is 12.3. The first-order valence-corrected chi connectivity index (χ1v) is 8.22. The summed E-state index contributed by atoms with van der Waals surface area (Å²) in [6, 6.07) is 9.69. The van der Waals surface area contributed by atoms with Crippen LogP contribution in [0.2, 0.25) is 6.55 Å². The Kier molecular flexibility index (Phi) is 7.91. The number of aliphatic hydroxyl groups is 1. The van der Waals surface area contributed by atoms with Gasteiger partial charge in [0.2, 0.25) is 0 Å². The zero-order valence-electron chi connectivity index (χ0n) is 10.5.